The second-order valence-corrected chi connectivity index (χ2v) is 5.27. The van der Waals surface area contributed by atoms with Crippen LogP contribution in [0.2, 0.25) is 0 Å². The molecule has 0 aromatic heterocycles. The molecule has 2 aliphatic rings. The number of hydrogen-bond acceptors (Lipinski definition) is 4. The molecule has 0 bridgehead atoms. The summed E-state index contributed by atoms with van der Waals surface area (Å²) in [6.07, 6.45) is 4.16. The van der Waals surface area contributed by atoms with E-state index in [9.17, 15) is 4.79 Å². The maximum Gasteiger partial charge on any atom is 0.246 e. The number of rotatable bonds is 4. The van der Waals surface area contributed by atoms with Crippen LogP contribution in [-0.2, 0) is 14.3 Å². The molecular formula is C13H24N2O3. The predicted octanol–water partition coefficient (Wildman–Crippen LogP) is 0.439. The number of carbonyl (C=O) groups excluding carboxylic acids is 1. The molecule has 0 aliphatic carbocycles. The van der Waals surface area contributed by atoms with Gasteiger partial charge in [0.15, 0.2) is 0 Å². The first-order chi connectivity index (χ1) is 8.74. The number of nitrogens with one attached hydrogen (secondary N) is 2. The molecule has 0 radical (unpaired) electrons. The van der Waals surface area contributed by atoms with Gasteiger partial charge in [-0.1, -0.05) is 0 Å². The summed E-state index contributed by atoms with van der Waals surface area (Å²) in [6.45, 7) is 4.70. The fourth-order valence-corrected chi connectivity index (χ4v) is 2.42. The molecule has 0 spiro atoms. The summed E-state index contributed by atoms with van der Waals surface area (Å²) >= 11 is 0. The second kappa shape index (κ2) is 7.07. The Morgan fingerprint density at radius 1 is 1.33 bits per heavy atom. The number of ether oxygens (including phenoxy) is 2. The van der Waals surface area contributed by atoms with Gasteiger partial charge in [-0.05, 0) is 32.6 Å². The quantitative estimate of drug-likeness (QED) is 0.766. The fourth-order valence-electron chi connectivity index (χ4n) is 2.42. The molecule has 0 saturated carbocycles. The lowest BCUT2D eigenvalue weighted by Gasteiger charge is -2.28. The minimum absolute atomic E-state index is 0.000483. The van der Waals surface area contributed by atoms with Crippen LogP contribution in [0.5, 0.6) is 0 Å². The Kier molecular flexibility index (Phi) is 5.41. The molecule has 104 valence electrons. The van der Waals surface area contributed by atoms with Gasteiger partial charge >= 0.3 is 0 Å². The Balaban J connectivity index is 1.59. The third kappa shape index (κ3) is 4.55. The molecule has 2 heterocycles. The first-order valence-electron chi connectivity index (χ1n) is 6.96. The van der Waals surface area contributed by atoms with E-state index in [0.717, 1.165) is 45.4 Å². The highest BCUT2D eigenvalue weighted by molar-refractivity contribution is 5.77. The van der Waals surface area contributed by atoms with E-state index in [0.29, 0.717) is 6.04 Å². The van der Waals surface area contributed by atoms with E-state index >= 15 is 0 Å². The summed E-state index contributed by atoms with van der Waals surface area (Å²) in [5.74, 6) is 0.000483. The van der Waals surface area contributed by atoms with E-state index in [4.69, 9.17) is 9.47 Å². The molecule has 0 aromatic carbocycles. The zero-order valence-electron chi connectivity index (χ0n) is 11.1. The molecule has 0 aromatic rings. The van der Waals surface area contributed by atoms with Crippen LogP contribution in [0.25, 0.3) is 0 Å². The van der Waals surface area contributed by atoms with Crippen molar-refractivity contribution in [3.05, 3.63) is 0 Å². The van der Waals surface area contributed by atoms with Crippen molar-refractivity contribution < 1.29 is 14.3 Å². The smallest absolute Gasteiger partial charge is 0.246 e. The standard InChI is InChI=1S/C13H24N2O3/c1-10-2-3-12(8-14-10)18-9-13(16)15-11-4-6-17-7-5-11/h10-12,14H,2-9H2,1H3,(H,15,16). The first-order valence-corrected chi connectivity index (χ1v) is 6.96. The lowest BCUT2D eigenvalue weighted by molar-refractivity contribution is -0.129. The monoisotopic (exact) mass is 256 g/mol. The van der Waals surface area contributed by atoms with E-state index in [1.165, 1.54) is 0 Å². The third-order valence-electron chi connectivity index (χ3n) is 3.65. The van der Waals surface area contributed by atoms with Crippen molar-refractivity contribution in [3.8, 4) is 0 Å². The number of carbonyl (C=O) groups is 1. The van der Waals surface area contributed by atoms with Gasteiger partial charge in [0.25, 0.3) is 0 Å². The average molecular weight is 256 g/mol. The molecule has 2 fully saturated rings. The summed E-state index contributed by atoms with van der Waals surface area (Å²) in [5.41, 5.74) is 0. The van der Waals surface area contributed by atoms with Crippen molar-refractivity contribution in [1.82, 2.24) is 10.6 Å². The van der Waals surface area contributed by atoms with E-state index in [2.05, 4.69) is 17.6 Å². The van der Waals surface area contributed by atoms with Crippen LogP contribution in [0.15, 0.2) is 0 Å². The van der Waals surface area contributed by atoms with Crippen LogP contribution in [0, 0.1) is 0 Å². The molecule has 18 heavy (non-hydrogen) atoms. The van der Waals surface area contributed by atoms with Gasteiger partial charge in [-0.25, -0.2) is 0 Å². The van der Waals surface area contributed by atoms with Crippen LogP contribution in [0.3, 0.4) is 0 Å². The minimum Gasteiger partial charge on any atom is -0.381 e. The number of hydrogen-bond donors (Lipinski definition) is 2. The topological polar surface area (TPSA) is 59.6 Å². The van der Waals surface area contributed by atoms with Crippen molar-refractivity contribution in [3.63, 3.8) is 0 Å². The highest BCUT2D eigenvalue weighted by Crippen LogP contribution is 2.11. The maximum atomic E-state index is 11.7. The van der Waals surface area contributed by atoms with Crippen molar-refractivity contribution >= 4 is 5.91 Å². The Morgan fingerprint density at radius 3 is 2.78 bits per heavy atom. The zero-order valence-corrected chi connectivity index (χ0v) is 11.1. The largest absolute Gasteiger partial charge is 0.381 e. The van der Waals surface area contributed by atoms with Crippen molar-refractivity contribution in [2.45, 2.75) is 50.8 Å². The summed E-state index contributed by atoms with van der Waals surface area (Å²) < 4.78 is 10.9. The van der Waals surface area contributed by atoms with Crippen molar-refractivity contribution in [2.24, 2.45) is 0 Å². The van der Waals surface area contributed by atoms with Crippen LogP contribution in [0.1, 0.15) is 32.6 Å². The van der Waals surface area contributed by atoms with Crippen LogP contribution in [-0.4, -0.2) is 50.5 Å². The first kappa shape index (κ1) is 13.8. The Hall–Kier alpha value is -0.650. The Morgan fingerprint density at radius 2 is 2.11 bits per heavy atom. The van der Waals surface area contributed by atoms with E-state index in [1.54, 1.807) is 0 Å². The summed E-state index contributed by atoms with van der Waals surface area (Å²) in [6, 6.07) is 0.834. The van der Waals surface area contributed by atoms with Crippen molar-refractivity contribution in [1.29, 1.82) is 0 Å². The maximum absolute atomic E-state index is 11.7. The molecule has 2 rings (SSSR count). The fraction of sp³-hybridized carbons (Fsp3) is 0.923. The lowest BCUT2D eigenvalue weighted by Crippen LogP contribution is -2.44. The van der Waals surface area contributed by atoms with Gasteiger partial charge in [0.1, 0.15) is 6.61 Å². The molecule has 1 amide bonds. The van der Waals surface area contributed by atoms with Gasteiger partial charge in [-0.3, -0.25) is 4.79 Å². The molecule has 2 N–H and O–H groups in total. The van der Waals surface area contributed by atoms with Crippen LogP contribution < -0.4 is 10.6 Å². The van der Waals surface area contributed by atoms with Crippen LogP contribution in [0.4, 0.5) is 0 Å². The lowest BCUT2D eigenvalue weighted by atomic mass is 10.0. The highest BCUT2D eigenvalue weighted by atomic mass is 16.5. The second-order valence-electron chi connectivity index (χ2n) is 5.27. The SMILES string of the molecule is CC1CCC(OCC(=O)NC2CCOCC2)CN1. The van der Waals surface area contributed by atoms with Gasteiger partial charge in [-0.15, -0.1) is 0 Å². The zero-order chi connectivity index (χ0) is 12.8. The molecule has 5 nitrogen and oxygen atoms in total. The van der Waals surface area contributed by atoms with Gasteiger partial charge < -0.3 is 20.1 Å². The number of piperidine rings is 1. The number of amides is 1. The molecule has 2 saturated heterocycles. The third-order valence-corrected chi connectivity index (χ3v) is 3.65. The normalized spacial score (nSPS) is 30.1. The molecule has 2 aliphatic heterocycles. The molecule has 2 unspecified atom stereocenters. The van der Waals surface area contributed by atoms with Crippen molar-refractivity contribution in [2.75, 3.05) is 26.4 Å². The average Bonchev–Trinajstić information content (AvgIpc) is 2.39. The Labute approximate surface area is 109 Å². The van der Waals surface area contributed by atoms with Gasteiger partial charge in [0, 0.05) is 31.8 Å². The summed E-state index contributed by atoms with van der Waals surface area (Å²) in [5, 5.41) is 6.37. The van der Waals surface area contributed by atoms with Gasteiger partial charge in [0.2, 0.25) is 5.91 Å². The van der Waals surface area contributed by atoms with E-state index in [-0.39, 0.29) is 24.7 Å². The summed E-state index contributed by atoms with van der Waals surface area (Å²) in [7, 11) is 0. The van der Waals surface area contributed by atoms with Crippen LogP contribution >= 0.6 is 0 Å². The van der Waals surface area contributed by atoms with E-state index in [1.807, 2.05) is 0 Å². The van der Waals surface area contributed by atoms with E-state index < -0.39 is 0 Å². The van der Waals surface area contributed by atoms with Gasteiger partial charge in [0.05, 0.1) is 6.10 Å². The van der Waals surface area contributed by atoms with Gasteiger partial charge in [-0.2, -0.15) is 0 Å². The minimum atomic E-state index is 0.000483. The predicted molar refractivity (Wildman–Crippen MR) is 68.4 cm³/mol. The molecule has 5 heteroatoms. The highest BCUT2D eigenvalue weighted by Gasteiger charge is 2.20. The molecular weight excluding hydrogens is 232 g/mol. The summed E-state index contributed by atoms with van der Waals surface area (Å²) in [4.78, 5) is 11.7. The Bertz CT molecular complexity index is 259. The molecule has 2 atom stereocenters.